The van der Waals surface area contributed by atoms with Gasteiger partial charge in [-0.3, -0.25) is 9.59 Å². The van der Waals surface area contributed by atoms with Crippen LogP contribution < -0.4 is 5.32 Å². The van der Waals surface area contributed by atoms with Crippen LogP contribution in [0.2, 0.25) is 0 Å². The van der Waals surface area contributed by atoms with E-state index in [0.29, 0.717) is 18.7 Å². The van der Waals surface area contributed by atoms with Gasteiger partial charge in [0.2, 0.25) is 5.91 Å². The highest BCUT2D eigenvalue weighted by Gasteiger charge is 2.23. The Labute approximate surface area is 147 Å². The molecule has 6 nitrogen and oxygen atoms in total. The maximum Gasteiger partial charge on any atom is 0.251 e. The van der Waals surface area contributed by atoms with Gasteiger partial charge in [0.1, 0.15) is 6.61 Å². The lowest BCUT2D eigenvalue weighted by atomic mass is 10.0. The van der Waals surface area contributed by atoms with E-state index in [1.165, 1.54) is 7.11 Å². The summed E-state index contributed by atoms with van der Waals surface area (Å²) >= 11 is 0. The molecule has 132 valence electrons. The third kappa shape index (κ3) is 4.28. The maximum absolute atomic E-state index is 12.4. The first-order valence-corrected chi connectivity index (χ1v) is 8.48. The van der Waals surface area contributed by atoms with E-state index in [4.69, 9.17) is 4.74 Å². The third-order valence-corrected chi connectivity index (χ3v) is 4.48. The van der Waals surface area contributed by atoms with Crippen LogP contribution in [0.4, 0.5) is 0 Å². The lowest BCUT2D eigenvalue weighted by Gasteiger charge is -2.32. The van der Waals surface area contributed by atoms with Crippen LogP contribution in [0.3, 0.4) is 0 Å². The molecule has 0 saturated carbocycles. The van der Waals surface area contributed by atoms with Crippen molar-refractivity contribution in [1.82, 2.24) is 14.8 Å². The van der Waals surface area contributed by atoms with Crippen LogP contribution in [0.15, 0.2) is 48.8 Å². The number of carbonyl (C=O) groups is 2. The Bertz CT molecular complexity index is 702. The number of benzene rings is 1. The van der Waals surface area contributed by atoms with Crippen molar-refractivity contribution in [3.63, 3.8) is 0 Å². The summed E-state index contributed by atoms with van der Waals surface area (Å²) in [5, 5.41) is 3.07. The van der Waals surface area contributed by atoms with Crippen molar-refractivity contribution < 1.29 is 14.3 Å². The molecule has 0 bridgehead atoms. The van der Waals surface area contributed by atoms with Gasteiger partial charge in [0.15, 0.2) is 0 Å². The Morgan fingerprint density at radius 2 is 1.76 bits per heavy atom. The highest BCUT2D eigenvalue weighted by Crippen LogP contribution is 2.13. The molecular weight excluding hydrogens is 318 g/mol. The Kier molecular flexibility index (Phi) is 5.50. The number of rotatable bonds is 5. The molecule has 1 aromatic carbocycles. The van der Waals surface area contributed by atoms with Crippen molar-refractivity contribution in [3.8, 4) is 5.69 Å². The predicted octanol–water partition coefficient (Wildman–Crippen LogP) is 1.84. The van der Waals surface area contributed by atoms with Crippen LogP contribution in [0, 0.1) is 0 Å². The van der Waals surface area contributed by atoms with E-state index in [1.54, 1.807) is 4.90 Å². The first-order chi connectivity index (χ1) is 12.2. The zero-order valence-electron chi connectivity index (χ0n) is 14.4. The summed E-state index contributed by atoms with van der Waals surface area (Å²) in [4.78, 5) is 26.0. The summed E-state index contributed by atoms with van der Waals surface area (Å²) in [5.74, 6) is -0.0615. The molecule has 0 aliphatic carbocycles. The minimum absolute atomic E-state index is 0.00729. The quantitative estimate of drug-likeness (QED) is 0.903. The van der Waals surface area contributed by atoms with E-state index in [0.717, 1.165) is 18.5 Å². The van der Waals surface area contributed by atoms with E-state index >= 15 is 0 Å². The SMILES string of the molecule is COCC(=O)N1CCC(NC(=O)c2ccc(-n3cccc3)cc2)CC1. The molecule has 1 saturated heterocycles. The molecule has 0 spiro atoms. The molecule has 0 radical (unpaired) electrons. The largest absolute Gasteiger partial charge is 0.375 e. The minimum atomic E-state index is -0.0688. The van der Waals surface area contributed by atoms with Gasteiger partial charge in [-0.15, -0.1) is 0 Å². The molecule has 2 amide bonds. The maximum atomic E-state index is 12.4. The fourth-order valence-electron chi connectivity index (χ4n) is 3.05. The smallest absolute Gasteiger partial charge is 0.251 e. The minimum Gasteiger partial charge on any atom is -0.375 e. The topological polar surface area (TPSA) is 63.6 Å². The van der Waals surface area contributed by atoms with Crippen molar-refractivity contribution in [2.75, 3.05) is 26.8 Å². The molecule has 0 unspecified atom stereocenters. The fraction of sp³-hybridized carbons (Fsp3) is 0.368. The van der Waals surface area contributed by atoms with Crippen LogP contribution in [0.25, 0.3) is 5.69 Å². The molecular formula is C19H23N3O3. The van der Waals surface area contributed by atoms with Crippen molar-refractivity contribution >= 4 is 11.8 Å². The summed E-state index contributed by atoms with van der Waals surface area (Å²) in [6.07, 6.45) is 5.47. The summed E-state index contributed by atoms with van der Waals surface area (Å²) in [6.45, 7) is 1.42. The average molecular weight is 341 g/mol. The van der Waals surface area contributed by atoms with E-state index in [1.807, 2.05) is 53.4 Å². The number of piperidine rings is 1. The lowest BCUT2D eigenvalue weighted by Crippen LogP contribution is -2.47. The number of amides is 2. The van der Waals surface area contributed by atoms with Gasteiger partial charge in [0.25, 0.3) is 5.91 Å². The number of aromatic nitrogens is 1. The molecule has 6 heteroatoms. The zero-order chi connectivity index (χ0) is 17.6. The second-order valence-electron chi connectivity index (χ2n) is 6.20. The monoisotopic (exact) mass is 341 g/mol. The third-order valence-electron chi connectivity index (χ3n) is 4.48. The molecule has 2 aromatic rings. The summed E-state index contributed by atoms with van der Waals surface area (Å²) in [6, 6.07) is 11.6. The summed E-state index contributed by atoms with van der Waals surface area (Å²) in [7, 11) is 1.52. The number of nitrogens with zero attached hydrogens (tertiary/aromatic N) is 2. The normalized spacial score (nSPS) is 15.2. The number of ether oxygens (including phenoxy) is 1. The summed E-state index contributed by atoms with van der Waals surface area (Å²) < 4.78 is 6.87. The highest BCUT2D eigenvalue weighted by atomic mass is 16.5. The molecule has 3 rings (SSSR count). The van der Waals surface area contributed by atoms with Crippen LogP contribution >= 0.6 is 0 Å². The molecule has 1 fully saturated rings. The number of likely N-dealkylation sites (tertiary alicyclic amines) is 1. The van der Waals surface area contributed by atoms with Crippen LogP contribution in [0.1, 0.15) is 23.2 Å². The van der Waals surface area contributed by atoms with E-state index < -0.39 is 0 Å². The second kappa shape index (κ2) is 7.98. The molecule has 1 aliphatic heterocycles. The first-order valence-electron chi connectivity index (χ1n) is 8.48. The van der Waals surface area contributed by atoms with Gasteiger partial charge in [0, 0.05) is 49.9 Å². The molecule has 1 aliphatic rings. The zero-order valence-corrected chi connectivity index (χ0v) is 14.4. The molecule has 1 N–H and O–H groups in total. The molecule has 25 heavy (non-hydrogen) atoms. The Hall–Kier alpha value is -2.60. The van der Waals surface area contributed by atoms with Crippen LogP contribution in [-0.2, 0) is 9.53 Å². The fourth-order valence-corrected chi connectivity index (χ4v) is 3.05. The van der Waals surface area contributed by atoms with E-state index in [-0.39, 0.29) is 24.5 Å². The van der Waals surface area contributed by atoms with Crippen molar-refractivity contribution in [2.45, 2.75) is 18.9 Å². The first kappa shape index (κ1) is 17.2. The van der Waals surface area contributed by atoms with Crippen molar-refractivity contribution in [2.24, 2.45) is 0 Å². The van der Waals surface area contributed by atoms with Gasteiger partial charge in [0.05, 0.1) is 0 Å². The van der Waals surface area contributed by atoms with Gasteiger partial charge in [-0.25, -0.2) is 0 Å². The van der Waals surface area contributed by atoms with Gasteiger partial charge in [-0.05, 0) is 49.2 Å². The van der Waals surface area contributed by atoms with Gasteiger partial charge in [-0.2, -0.15) is 0 Å². The average Bonchev–Trinajstić information content (AvgIpc) is 3.17. The molecule has 2 heterocycles. The van der Waals surface area contributed by atoms with Crippen LogP contribution in [-0.4, -0.2) is 54.1 Å². The number of carbonyl (C=O) groups excluding carboxylic acids is 2. The molecule has 0 atom stereocenters. The number of hydrogen-bond donors (Lipinski definition) is 1. The second-order valence-corrected chi connectivity index (χ2v) is 6.20. The lowest BCUT2D eigenvalue weighted by molar-refractivity contribution is -0.136. The summed E-state index contributed by atoms with van der Waals surface area (Å²) in [5.41, 5.74) is 1.67. The van der Waals surface area contributed by atoms with E-state index in [9.17, 15) is 9.59 Å². The van der Waals surface area contributed by atoms with Gasteiger partial charge in [-0.1, -0.05) is 0 Å². The Morgan fingerprint density at radius 1 is 1.12 bits per heavy atom. The predicted molar refractivity (Wildman–Crippen MR) is 94.7 cm³/mol. The van der Waals surface area contributed by atoms with E-state index in [2.05, 4.69) is 5.32 Å². The number of methoxy groups -OCH3 is 1. The Morgan fingerprint density at radius 3 is 2.36 bits per heavy atom. The Balaban J connectivity index is 1.52. The molecule has 1 aromatic heterocycles. The van der Waals surface area contributed by atoms with Crippen molar-refractivity contribution in [3.05, 3.63) is 54.4 Å². The van der Waals surface area contributed by atoms with Gasteiger partial charge < -0.3 is 19.5 Å². The number of nitrogens with one attached hydrogen (secondary N) is 1. The van der Waals surface area contributed by atoms with Crippen LogP contribution in [0.5, 0.6) is 0 Å². The van der Waals surface area contributed by atoms with Gasteiger partial charge >= 0.3 is 0 Å². The highest BCUT2D eigenvalue weighted by molar-refractivity contribution is 5.94. The number of hydrogen-bond acceptors (Lipinski definition) is 3. The van der Waals surface area contributed by atoms with Crippen molar-refractivity contribution in [1.29, 1.82) is 0 Å². The standard InChI is InChI=1S/C19H23N3O3/c1-25-14-18(23)22-12-8-16(9-13-22)20-19(24)15-4-6-17(7-5-15)21-10-2-3-11-21/h2-7,10-11,16H,8-9,12-14H2,1H3,(H,20,24).